The molecule has 0 fully saturated rings. The minimum Gasteiger partial charge on any atom is -0.208 e. The fraction of sp³-hybridized carbons (Fsp3) is 0.0541. The summed E-state index contributed by atoms with van der Waals surface area (Å²) in [6.07, 6.45) is 0. The highest BCUT2D eigenvalue weighted by Gasteiger charge is 2.18. The highest BCUT2D eigenvalue weighted by atomic mass is 15.0. The third kappa shape index (κ3) is 5.23. The highest BCUT2D eigenvalue weighted by Crippen LogP contribution is 2.38. The summed E-state index contributed by atoms with van der Waals surface area (Å²) < 4.78 is 0. The van der Waals surface area contributed by atoms with Gasteiger partial charge in [-0.2, -0.15) is 0 Å². The molecule has 0 N–H and O–H groups in total. The summed E-state index contributed by atoms with van der Waals surface area (Å²) in [4.78, 5) is 15.2. The molecule has 0 atom stereocenters. The Labute approximate surface area is 235 Å². The van der Waals surface area contributed by atoms with Crippen LogP contribution in [0.1, 0.15) is 11.1 Å². The zero-order valence-corrected chi connectivity index (χ0v) is 22.6. The average Bonchev–Trinajstić information content (AvgIpc) is 3.01. The molecule has 40 heavy (non-hydrogen) atoms. The number of fused-ring (bicyclic) bond motifs is 1. The first kappa shape index (κ1) is 25.1. The average molecular weight is 516 g/mol. The highest BCUT2D eigenvalue weighted by molar-refractivity contribution is 6.02. The topological polar surface area (TPSA) is 38.7 Å². The van der Waals surface area contributed by atoms with Crippen LogP contribution in [-0.4, -0.2) is 15.0 Å². The molecule has 1 heterocycles. The molecular formula is C37H29N3. The van der Waals surface area contributed by atoms with Gasteiger partial charge >= 0.3 is 0 Å². The summed E-state index contributed by atoms with van der Waals surface area (Å²) in [5.74, 6) is 1.94. The Morgan fingerprint density at radius 1 is 0.375 bits per heavy atom. The zero-order valence-electron chi connectivity index (χ0n) is 22.6. The van der Waals surface area contributed by atoms with Crippen molar-refractivity contribution in [1.82, 2.24) is 15.0 Å². The lowest BCUT2D eigenvalue weighted by Gasteiger charge is -2.15. The fourth-order valence-corrected chi connectivity index (χ4v) is 4.94. The van der Waals surface area contributed by atoms with E-state index < -0.39 is 0 Å². The Morgan fingerprint density at radius 3 is 1.45 bits per heavy atom. The molecule has 0 saturated carbocycles. The first-order valence-electron chi connectivity index (χ1n) is 13.5. The van der Waals surface area contributed by atoms with Crippen LogP contribution in [0.2, 0.25) is 0 Å². The Balaban J connectivity index is 1.78. The van der Waals surface area contributed by atoms with Gasteiger partial charge in [-0.25, -0.2) is 15.0 Å². The number of aryl methyl sites for hydroxylation is 2. The lowest BCUT2D eigenvalue weighted by molar-refractivity contribution is 1.07. The van der Waals surface area contributed by atoms with Crippen molar-refractivity contribution in [2.75, 3.05) is 0 Å². The second kappa shape index (κ2) is 11.3. The van der Waals surface area contributed by atoms with Crippen LogP contribution >= 0.6 is 0 Å². The number of hydrogen-bond acceptors (Lipinski definition) is 3. The van der Waals surface area contributed by atoms with Gasteiger partial charge in [0.05, 0.1) is 0 Å². The standard InChI is InChI=1S/C37H29N3/c1-26-22-24-29(25-23-26)34-32-21-13-12-16-28(32)15-7-3-6-14-27(2)33(34)37-39-35(30-17-8-4-9-18-30)38-36(40-37)31-19-10-5-11-20-31/h3-25H,1-2H3. The van der Waals surface area contributed by atoms with Crippen molar-refractivity contribution in [3.05, 3.63) is 151 Å². The van der Waals surface area contributed by atoms with Gasteiger partial charge in [-0.05, 0) is 35.7 Å². The molecule has 0 saturated heterocycles. The minimum absolute atomic E-state index is 0.643. The minimum atomic E-state index is 0.643. The van der Waals surface area contributed by atoms with E-state index in [1.807, 2.05) is 60.7 Å². The van der Waals surface area contributed by atoms with Crippen LogP contribution in [-0.2, 0) is 0 Å². The maximum absolute atomic E-state index is 5.13. The Hall–Kier alpha value is -5.15. The van der Waals surface area contributed by atoms with Crippen molar-refractivity contribution in [3.8, 4) is 45.3 Å². The third-order valence-corrected chi connectivity index (χ3v) is 6.98. The SMILES string of the molecule is Cc1ccc(-c2c(-c3nc(-c4ccccc4)nc(-c4ccccc4)n3)c(C)cccccc3ccccc23)cc1. The largest absolute Gasteiger partial charge is 0.208 e. The van der Waals surface area contributed by atoms with E-state index in [-0.39, 0.29) is 0 Å². The third-order valence-electron chi connectivity index (χ3n) is 6.98. The van der Waals surface area contributed by atoms with Gasteiger partial charge in [-0.3, -0.25) is 0 Å². The maximum Gasteiger partial charge on any atom is 0.165 e. The molecule has 192 valence electrons. The van der Waals surface area contributed by atoms with E-state index in [0.29, 0.717) is 17.5 Å². The summed E-state index contributed by atoms with van der Waals surface area (Å²) in [7, 11) is 0. The van der Waals surface area contributed by atoms with E-state index >= 15 is 0 Å². The quantitative estimate of drug-likeness (QED) is 0.235. The van der Waals surface area contributed by atoms with Crippen molar-refractivity contribution in [2.24, 2.45) is 0 Å². The van der Waals surface area contributed by atoms with Gasteiger partial charge in [-0.15, -0.1) is 0 Å². The van der Waals surface area contributed by atoms with Crippen molar-refractivity contribution < 1.29 is 0 Å². The smallest absolute Gasteiger partial charge is 0.165 e. The van der Waals surface area contributed by atoms with E-state index in [0.717, 1.165) is 44.2 Å². The summed E-state index contributed by atoms with van der Waals surface area (Å²) >= 11 is 0. The number of aromatic nitrogens is 3. The van der Waals surface area contributed by atoms with Crippen molar-refractivity contribution in [3.63, 3.8) is 0 Å². The first-order chi connectivity index (χ1) is 19.7. The number of rotatable bonds is 4. The van der Waals surface area contributed by atoms with Gasteiger partial charge in [0, 0.05) is 22.3 Å². The lowest BCUT2D eigenvalue weighted by Crippen LogP contribution is -2.02. The summed E-state index contributed by atoms with van der Waals surface area (Å²) in [5, 5.41) is 2.26. The molecule has 0 aliphatic heterocycles. The van der Waals surface area contributed by atoms with Gasteiger partial charge in [0.2, 0.25) is 0 Å². The number of benzene rings is 4. The van der Waals surface area contributed by atoms with Crippen LogP contribution in [0, 0.1) is 13.8 Å². The van der Waals surface area contributed by atoms with E-state index in [1.54, 1.807) is 0 Å². The van der Waals surface area contributed by atoms with Crippen molar-refractivity contribution >= 4 is 10.8 Å². The molecule has 0 radical (unpaired) electrons. The van der Waals surface area contributed by atoms with Crippen molar-refractivity contribution in [1.29, 1.82) is 0 Å². The molecule has 1 aromatic heterocycles. The normalized spacial score (nSPS) is 10.8. The predicted molar refractivity (Wildman–Crippen MR) is 166 cm³/mol. The van der Waals surface area contributed by atoms with E-state index in [9.17, 15) is 0 Å². The van der Waals surface area contributed by atoms with Crippen molar-refractivity contribution in [2.45, 2.75) is 13.8 Å². The molecule has 0 amide bonds. The molecule has 3 nitrogen and oxygen atoms in total. The first-order valence-corrected chi connectivity index (χ1v) is 13.5. The molecule has 6 aromatic rings. The molecular weight excluding hydrogens is 486 g/mol. The van der Waals surface area contributed by atoms with Crippen LogP contribution in [0.25, 0.3) is 56.1 Å². The molecule has 5 aromatic carbocycles. The van der Waals surface area contributed by atoms with E-state index in [2.05, 4.69) is 92.7 Å². The van der Waals surface area contributed by atoms with Crippen LogP contribution < -0.4 is 0 Å². The Kier molecular flexibility index (Phi) is 7.11. The number of hydrogen-bond donors (Lipinski definition) is 0. The van der Waals surface area contributed by atoms with Crippen LogP contribution in [0.5, 0.6) is 0 Å². The Morgan fingerprint density at radius 2 is 0.850 bits per heavy atom. The Bertz CT molecular complexity index is 1790. The monoisotopic (exact) mass is 515 g/mol. The molecule has 0 bridgehead atoms. The second-order valence-corrected chi connectivity index (χ2v) is 9.84. The number of nitrogens with zero attached hydrogens (tertiary/aromatic N) is 3. The van der Waals surface area contributed by atoms with E-state index in [4.69, 9.17) is 15.0 Å². The van der Waals surface area contributed by atoms with E-state index in [1.165, 1.54) is 5.56 Å². The lowest BCUT2D eigenvalue weighted by atomic mass is 9.92. The molecule has 0 spiro atoms. The second-order valence-electron chi connectivity index (χ2n) is 9.84. The molecule has 6 rings (SSSR count). The van der Waals surface area contributed by atoms with Gasteiger partial charge in [-0.1, -0.05) is 145 Å². The van der Waals surface area contributed by atoms with Crippen LogP contribution in [0.3, 0.4) is 0 Å². The summed E-state index contributed by atoms with van der Waals surface area (Å²) in [5.41, 5.74) is 7.37. The van der Waals surface area contributed by atoms with Gasteiger partial charge in [0.25, 0.3) is 0 Å². The molecule has 0 aliphatic rings. The van der Waals surface area contributed by atoms with Gasteiger partial charge in [0.1, 0.15) is 0 Å². The molecule has 3 heteroatoms. The van der Waals surface area contributed by atoms with Gasteiger partial charge in [0.15, 0.2) is 17.5 Å². The zero-order chi connectivity index (χ0) is 27.3. The molecule has 0 aliphatic carbocycles. The summed E-state index contributed by atoms with van der Waals surface area (Å²) in [6, 6.07) is 48.0. The van der Waals surface area contributed by atoms with Crippen LogP contribution in [0.15, 0.2) is 140 Å². The maximum atomic E-state index is 5.13. The van der Waals surface area contributed by atoms with Crippen LogP contribution in [0.4, 0.5) is 0 Å². The summed E-state index contributed by atoms with van der Waals surface area (Å²) in [6.45, 7) is 4.25. The predicted octanol–water partition coefficient (Wildman–Crippen LogP) is 9.43. The fourth-order valence-electron chi connectivity index (χ4n) is 4.94. The van der Waals surface area contributed by atoms with Gasteiger partial charge < -0.3 is 0 Å². The molecule has 0 unspecified atom stereocenters.